The van der Waals surface area contributed by atoms with Crippen LogP contribution in [0.15, 0.2) is 18.2 Å². The molecule has 0 aliphatic carbocycles. The molecule has 19 heavy (non-hydrogen) atoms. The lowest BCUT2D eigenvalue weighted by atomic mass is 10.2. The molecule has 1 aromatic carbocycles. The van der Waals surface area contributed by atoms with Crippen molar-refractivity contribution in [2.24, 2.45) is 0 Å². The minimum absolute atomic E-state index is 0.179. The second kappa shape index (κ2) is 7.60. The maximum atomic E-state index is 11.4. The SMILES string of the molecule is COc1cccc(Cl)c1CNC(=O)COCC(=O)O. The summed E-state index contributed by atoms with van der Waals surface area (Å²) in [6.45, 7) is -0.653. The van der Waals surface area contributed by atoms with Crippen LogP contribution in [0.5, 0.6) is 5.75 Å². The van der Waals surface area contributed by atoms with Crippen molar-refractivity contribution in [3.63, 3.8) is 0 Å². The van der Waals surface area contributed by atoms with Gasteiger partial charge in [-0.05, 0) is 12.1 Å². The van der Waals surface area contributed by atoms with Crippen LogP contribution in [0.2, 0.25) is 5.02 Å². The van der Waals surface area contributed by atoms with Gasteiger partial charge in [0.2, 0.25) is 5.91 Å². The number of methoxy groups -OCH3 is 1. The second-order valence-electron chi connectivity index (χ2n) is 3.58. The first-order valence-corrected chi connectivity index (χ1v) is 5.80. The van der Waals surface area contributed by atoms with Crippen LogP contribution in [-0.2, 0) is 20.9 Å². The highest BCUT2D eigenvalue weighted by Gasteiger charge is 2.09. The minimum atomic E-state index is -1.12. The third-order valence-electron chi connectivity index (χ3n) is 2.22. The summed E-state index contributed by atoms with van der Waals surface area (Å²) < 4.78 is 9.78. The number of benzene rings is 1. The molecule has 0 saturated carbocycles. The Morgan fingerprint density at radius 3 is 2.74 bits per heavy atom. The number of carboxylic acids is 1. The van der Waals surface area contributed by atoms with Crippen LogP contribution in [0.3, 0.4) is 0 Å². The molecule has 0 aliphatic rings. The molecular formula is C12H14ClNO5. The Kier molecular flexibility index (Phi) is 6.11. The van der Waals surface area contributed by atoms with Crippen LogP contribution in [-0.4, -0.2) is 37.3 Å². The quantitative estimate of drug-likeness (QED) is 0.783. The first-order chi connectivity index (χ1) is 9.04. The number of aliphatic carboxylic acids is 1. The van der Waals surface area contributed by atoms with Gasteiger partial charge in [0, 0.05) is 17.1 Å². The van der Waals surface area contributed by atoms with Crippen molar-refractivity contribution >= 4 is 23.5 Å². The van der Waals surface area contributed by atoms with E-state index in [1.165, 1.54) is 7.11 Å². The summed E-state index contributed by atoms with van der Waals surface area (Å²) in [4.78, 5) is 21.6. The molecule has 0 fully saturated rings. The molecule has 0 heterocycles. The molecule has 0 atom stereocenters. The fraction of sp³-hybridized carbons (Fsp3) is 0.333. The zero-order valence-corrected chi connectivity index (χ0v) is 11.1. The summed E-state index contributed by atoms with van der Waals surface area (Å²) in [5.41, 5.74) is 0.651. The maximum Gasteiger partial charge on any atom is 0.329 e. The summed E-state index contributed by atoms with van der Waals surface area (Å²) in [6.07, 6.45) is 0. The maximum absolute atomic E-state index is 11.4. The monoisotopic (exact) mass is 287 g/mol. The van der Waals surface area contributed by atoms with Gasteiger partial charge in [0.25, 0.3) is 0 Å². The van der Waals surface area contributed by atoms with Crippen molar-refractivity contribution in [3.8, 4) is 5.75 Å². The zero-order valence-electron chi connectivity index (χ0n) is 10.3. The van der Waals surface area contributed by atoms with Crippen LogP contribution >= 0.6 is 11.6 Å². The van der Waals surface area contributed by atoms with Crippen molar-refractivity contribution in [1.82, 2.24) is 5.32 Å². The molecule has 1 rings (SSSR count). The Hall–Kier alpha value is -1.79. The third-order valence-corrected chi connectivity index (χ3v) is 2.57. The van der Waals surface area contributed by atoms with Crippen LogP contribution in [0, 0.1) is 0 Å². The molecule has 7 heteroatoms. The molecule has 0 saturated heterocycles. The predicted octanol–water partition coefficient (Wildman–Crippen LogP) is 1.07. The highest BCUT2D eigenvalue weighted by Crippen LogP contribution is 2.25. The first kappa shape index (κ1) is 15.3. The Bertz CT molecular complexity index is 463. The molecule has 104 valence electrons. The third kappa shape index (κ3) is 5.15. The van der Waals surface area contributed by atoms with E-state index in [-0.39, 0.29) is 13.2 Å². The summed E-state index contributed by atoms with van der Waals surface area (Å²) >= 11 is 6.00. The van der Waals surface area contributed by atoms with E-state index in [0.717, 1.165) is 0 Å². The van der Waals surface area contributed by atoms with Gasteiger partial charge in [-0.15, -0.1) is 0 Å². The fourth-order valence-electron chi connectivity index (χ4n) is 1.37. The van der Waals surface area contributed by atoms with E-state index in [0.29, 0.717) is 16.3 Å². The van der Waals surface area contributed by atoms with E-state index in [9.17, 15) is 9.59 Å². The molecule has 0 unspecified atom stereocenters. The fourth-order valence-corrected chi connectivity index (χ4v) is 1.60. The number of halogens is 1. The topological polar surface area (TPSA) is 84.9 Å². The van der Waals surface area contributed by atoms with Crippen molar-refractivity contribution in [2.75, 3.05) is 20.3 Å². The molecule has 0 bridgehead atoms. The number of hydrogen-bond acceptors (Lipinski definition) is 4. The molecule has 0 radical (unpaired) electrons. The van der Waals surface area contributed by atoms with E-state index in [4.69, 9.17) is 21.4 Å². The Balaban J connectivity index is 2.48. The Morgan fingerprint density at radius 1 is 1.37 bits per heavy atom. The normalized spacial score (nSPS) is 10.0. The second-order valence-corrected chi connectivity index (χ2v) is 3.99. The lowest BCUT2D eigenvalue weighted by Gasteiger charge is -2.11. The van der Waals surface area contributed by atoms with E-state index in [2.05, 4.69) is 10.1 Å². The van der Waals surface area contributed by atoms with Crippen LogP contribution < -0.4 is 10.1 Å². The number of rotatable bonds is 7. The van der Waals surface area contributed by atoms with Gasteiger partial charge in [-0.3, -0.25) is 4.79 Å². The van der Waals surface area contributed by atoms with Crippen LogP contribution in [0.25, 0.3) is 0 Å². The summed E-state index contributed by atoms with van der Waals surface area (Å²) in [5, 5.41) is 11.4. The molecule has 0 spiro atoms. The molecule has 0 aromatic heterocycles. The molecule has 2 N–H and O–H groups in total. The number of carbonyl (C=O) groups is 2. The summed E-state index contributed by atoms with van der Waals surface area (Å²) in [5.74, 6) is -0.983. The van der Waals surface area contributed by atoms with Crippen LogP contribution in [0.4, 0.5) is 0 Å². The minimum Gasteiger partial charge on any atom is -0.496 e. The van der Waals surface area contributed by atoms with Gasteiger partial charge < -0.3 is 19.9 Å². The first-order valence-electron chi connectivity index (χ1n) is 5.42. The van der Waals surface area contributed by atoms with Crippen molar-refractivity contribution in [2.45, 2.75) is 6.54 Å². The van der Waals surface area contributed by atoms with Crippen LogP contribution in [0.1, 0.15) is 5.56 Å². The number of amides is 1. The van der Waals surface area contributed by atoms with Gasteiger partial charge in [0.15, 0.2) is 0 Å². The molecule has 6 nitrogen and oxygen atoms in total. The Labute approximate surface area is 115 Å². The van der Waals surface area contributed by atoms with E-state index < -0.39 is 18.5 Å². The number of carboxylic acid groups (broad SMARTS) is 1. The van der Waals surface area contributed by atoms with Gasteiger partial charge in [0.1, 0.15) is 19.0 Å². The highest BCUT2D eigenvalue weighted by atomic mass is 35.5. The number of carbonyl (C=O) groups excluding carboxylic acids is 1. The number of ether oxygens (including phenoxy) is 2. The molecule has 1 amide bonds. The Morgan fingerprint density at radius 2 is 2.11 bits per heavy atom. The van der Waals surface area contributed by atoms with Crippen molar-refractivity contribution < 1.29 is 24.2 Å². The average Bonchev–Trinajstić information content (AvgIpc) is 2.36. The predicted molar refractivity (Wildman–Crippen MR) is 68.3 cm³/mol. The zero-order chi connectivity index (χ0) is 14.3. The van der Waals surface area contributed by atoms with Gasteiger partial charge in [-0.1, -0.05) is 17.7 Å². The van der Waals surface area contributed by atoms with E-state index >= 15 is 0 Å². The molecule has 1 aromatic rings. The number of hydrogen-bond donors (Lipinski definition) is 2. The average molecular weight is 288 g/mol. The smallest absolute Gasteiger partial charge is 0.329 e. The lowest BCUT2D eigenvalue weighted by Crippen LogP contribution is -2.28. The van der Waals surface area contributed by atoms with Gasteiger partial charge >= 0.3 is 5.97 Å². The standard InChI is InChI=1S/C12H14ClNO5/c1-18-10-4-2-3-9(13)8(10)5-14-11(15)6-19-7-12(16)17/h2-4H,5-7H2,1H3,(H,14,15)(H,16,17). The van der Waals surface area contributed by atoms with Gasteiger partial charge in [-0.2, -0.15) is 0 Å². The van der Waals surface area contributed by atoms with E-state index in [1.807, 2.05) is 0 Å². The molecule has 0 aliphatic heterocycles. The van der Waals surface area contributed by atoms with Crippen molar-refractivity contribution in [3.05, 3.63) is 28.8 Å². The molecular weight excluding hydrogens is 274 g/mol. The largest absolute Gasteiger partial charge is 0.496 e. The summed E-state index contributed by atoms with van der Waals surface area (Å²) in [7, 11) is 1.51. The van der Waals surface area contributed by atoms with Gasteiger partial charge in [0.05, 0.1) is 7.11 Å². The highest BCUT2D eigenvalue weighted by molar-refractivity contribution is 6.31. The van der Waals surface area contributed by atoms with Gasteiger partial charge in [-0.25, -0.2) is 4.79 Å². The van der Waals surface area contributed by atoms with E-state index in [1.54, 1.807) is 18.2 Å². The number of nitrogens with one attached hydrogen (secondary N) is 1. The van der Waals surface area contributed by atoms with Crippen molar-refractivity contribution in [1.29, 1.82) is 0 Å². The lowest BCUT2D eigenvalue weighted by molar-refractivity contribution is -0.143. The summed E-state index contributed by atoms with van der Waals surface area (Å²) in [6, 6.07) is 5.16.